The number of carboxylic acid groups (broad SMARTS) is 1. The Balaban J connectivity index is 2.65. The molecule has 0 aromatic carbocycles. The van der Waals surface area contributed by atoms with Gasteiger partial charge >= 0.3 is 12.0 Å². The molecule has 7 nitrogen and oxygen atoms in total. The van der Waals surface area contributed by atoms with Gasteiger partial charge in [-0.1, -0.05) is 20.3 Å². The van der Waals surface area contributed by atoms with Crippen molar-refractivity contribution in [2.75, 3.05) is 0 Å². The van der Waals surface area contributed by atoms with Crippen LogP contribution in [-0.4, -0.2) is 35.1 Å². The Morgan fingerprint density at radius 3 is 2.37 bits per heavy atom. The summed E-state index contributed by atoms with van der Waals surface area (Å²) in [5.74, 6) is -1.96. The molecule has 5 N–H and O–H groups in total. The highest BCUT2D eigenvalue weighted by Crippen LogP contribution is 2.26. The number of carboxylic acids is 1. The van der Waals surface area contributed by atoms with Crippen molar-refractivity contribution in [3.63, 3.8) is 0 Å². The molecule has 0 heterocycles. The first-order chi connectivity index (χ1) is 8.82. The Kier molecular flexibility index (Phi) is 5.14. The molecule has 0 aliphatic heterocycles. The zero-order chi connectivity index (χ0) is 14.6. The van der Waals surface area contributed by atoms with Crippen LogP contribution in [0.2, 0.25) is 0 Å². The monoisotopic (exact) mass is 271 g/mol. The van der Waals surface area contributed by atoms with Gasteiger partial charge in [0.25, 0.3) is 0 Å². The lowest BCUT2D eigenvalue weighted by Gasteiger charge is -2.24. The summed E-state index contributed by atoms with van der Waals surface area (Å²) < 4.78 is 0. The number of primary amides is 1. The van der Waals surface area contributed by atoms with E-state index in [1.807, 2.05) is 0 Å². The summed E-state index contributed by atoms with van der Waals surface area (Å²) in [6.07, 6.45) is 1.98. The molecular weight excluding hydrogens is 250 g/mol. The smallest absolute Gasteiger partial charge is 0.312 e. The lowest BCUT2D eigenvalue weighted by molar-refractivity contribution is -0.142. The van der Waals surface area contributed by atoms with Crippen LogP contribution in [0.25, 0.3) is 0 Å². The van der Waals surface area contributed by atoms with Gasteiger partial charge in [-0.05, 0) is 18.8 Å². The maximum Gasteiger partial charge on any atom is 0.312 e. The van der Waals surface area contributed by atoms with Crippen LogP contribution in [-0.2, 0) is 9.59 Å². The molecule has 1 aliphatic carbocycles. The Bertz CT molecular complexity index is 370. The Hall–Kier alpha value is -1.79. The van der Waals surface area contributed by atoms with Crippen molar-refractivity contribution in [2.45, 2.75) is 45.2 Å². The number of rotatable bonds is 5. The average molecular weight is 271 g/mol. The maximum atomic E-state index is 12.1. The summed E-state index contributed by atoms with van der Waals surface area (Å²) in [6.45, 7) is 3.56. The fraction of sp³-hybridized carbons (Fsp3) is 0.750. The molecule has 0 bridgehead atoms. The number of hydrogen-bond donors (Lipinski definition) is 4. The number of carbonyl (C=O) groups is 3. The highest BCUT2D eigenvalue weighted by molar-refractivity contribution is 5.87. The summed E-state index contributed by atoms with van der Waals surface area (Å²) in [4.78, 5) is 34.0. The van der Waals surface area contributed by atoms with E-state index in [1.54, 1.807) is 13.8 Å². The van der Waals surface area contributed by atoms with E-state index in [9.17, 15) is 14.4 Å². The number of aliphatic carboxylic acids is 1. The molecule has 3 unspecified atom stereocenters. The minimum Gasteiger partial charge on any atom is -0.481 e. The first kappa shape index (κ1) is 15.3. The van der Waals surface area contributed by atoms with Crippen LogP contribution >= 0.6 is 0 Å². The van der Waals surface area contributed by atoms with Crippen molar-refractivity contribution in [3.8, 4) is 0 Å². The molecule has 0 radical (unpaired) electrons. The fourth-order valence-corrected chi connectivity index (χ4v) is 2.39. The molecule has 7 heteroatoms. The van der Waals surface area contributed by atoms with Gasteiger partial charge in [0, 0.05) is 6.04 Å². The molecule has 0 spiro atoms. The molecule has 3 atom stereocenters. The quantitative estimate of drug-likeness (QED) is 0.564. The zero-order valence-corrected chi connectivity index (χ0v) is 11.2. The van der Waals surface area contributed by atoms with E-state index in [0.29, 0.717) is 12.8 Å². The first-order valence-electron chi connectivity index (χ1n) is 6.42. The molecule has 108 valence electrons. The van der Waals surface area contributed by atoms with Crippen molar-refractivity contribution in [1.82, 2.24) is 10.6 Å². The van der Waals surface area contributed by atoms with Gasteiger partial charge in [0.15, 0.2) is 0 Å². The number of nitrogens with two attached hydrogens (primary N) is 1. The molecule has 0 aromatic rings. The third kappa shape index (κ3) is 4.11. The van der Waals surface area contributed by atoms with Gasteiger partial charge in [0.1, 0.15) is 6.04 Å². The molecule has 1 saturated carbocycles. The molecule has 1 fully saturated rings. The Morgan fingerprint density at radius 2 is 1.89 bits per heavy atom. The van der Waals surface area contributed by atoms with Crippen molar-refractivity contribution < 1.29 is 19.5 Å². The molecule has 19 heavy (non-hydrogen) atoms. The third-order valence-electron chi connectivity index (χ3n) is 3.41. The lowest BCUT2D eigenvalue weighted by atomic mass is 10.0. The lowest BCUT2D eigenvalue weighted by Crippen LogP contribution is -2.54. The van der Waals surface area contributed by atoms with Crippen LogP contribution in [0.15, 0.2) is 0 Å². The highest BCUT2D eigenvalue weighted by atomic mass is 16.4. The number of urea groups is 1. The molecule has 1 aliphatic rings. The van der Waals surface area contributed by atoms with Crippen LogP contribution in [0.5, 0.6) is 0 Å². The van der Waals surface area contributed by atoms with Crippen LogP contribution in [0.4, 0.5) is 4.79 Å². The third-order valence-corrected chi connectivity index (χ3v) is 3.41. The SMILES string of the molecule is CC(C)C(NC(N)=O)C(=O)NC1CCCC1C(=O)O. The molecule has 0 saturated heterocycles. The fourth-order valence-electron chi connectivity index (χ4n) is 2.39. The normalized spacial score (nSPS) is 23.9. The second-order valence-corrected chi connectivity index (χ2v) is 5.22. The number of amides is 3. The number of hydrogen-bond acceptors (Lipinski definition) is 3. The summed E-state index contributed by atoms with van der Waals surface area (Å²) in [5, 5.41) is 14.1. The Morgan fingerprint density at radius 1 is 1.26 bits per heavy atom. The van der Waals surface area contributed by atoms with Gasteiger partial charge in [-0.15, -0.1) is 0 Å². The predicted molar refractivity (Wildman–Crippen MR) is 68.3 cm³/mol. The average Bonchev–Trinajstić information content (AvgIpc) is 2.73. The van der Waals surface area contributed by atoms with Crippen molar-refractivity contribution in [2.24, 2.45) is 17.6 Å². The van der Waals surface area contributed by atoms with Gasteiger partial charge in [-0.2, -0.15) is 0 Å². The van der Waals surface area contributed by atoms with Crippen molar-refractivity contribution >= 4 is 17.9 Å². The summed E-state index contributed by atoms with van der Waals surface area (Å²) in [6, 6.07) is -1.89. The molecule has 1 rings (SSSR count). The number of nitrogens with one attached hydrogen (secondary N) is 2. The minimum atomic E-state index is -0.897. The van der Waals surface area contributed by atoms with E-state index < -0.39 is 24.0 Å². The van der Waals surface area contributed by atoms with E-state index in [0.717, 1.165) is 6.42 Å². The second kappa shape index (κ2) is 6.40. The molecule has 3 amide bonds. The van der Waals surface area contributed by atoms with Crippen LogP contribution in [0, 0.1) is 11.8 Å². The highest BCUT2D eigenvalue weighted by Gasteiger charge is 2.35. The summed E-state index contributed by atoms with van der Waals surface area (Å²) >= 11 is 0. The van der Waals surface area contributed by atoms with Crippen LogP contribution in [0.3, 0.4) is 0 Å². The number of carbonyl (C=O) groups excluding carboxylic acids is 2. The standard InChI is InChI=1S/C12H21N3O4/c1-6(2)9(15-12(13)19)10(16)14-8-5-3-4-7(8)11(17)18/h6-9H,3-5H2,1-2H3,(H,14,16)(H,17,18)(H3,13,15,19). The van der Waals surface area contributed by atoms with Crippen molar-refractivity contribution in [3.05, 3.63) is 0 Å². The Labute approximate surface area is 111 Å². The van der Waals surface area contributed by atoms with Crippen molar-refractivity contribution in [1.29, 1.82) is 0 Å². The van der Waals surface area contributed by atoms with E-state index in [1.165, 1.54) is 0 Å². The maximum absolute atomic E-state index is 12.1. The van der Waals surface area contributed by atoms with Crippen LogP contribution < -0.4 is 16.4 Å². The largest absolute Gasteiger partial charge is 0.481 e. The van der Waals surface area contributed by atoms with E-state index in [2.05, 4.69) is 10.6 Å². The predicted octanol–water partition coefficient (Wildman–Crippen LogP) is 0.0488. The van der Waals surface area contributed by atoms with Gasteiger partial charge in [0.05, 0.1) is 5.92 Å². The summed E-state index contributed by atoms with van der Waals surface area (Å²) in [5.41, 5.74) is 5.03. The summed E-state index contributed by atoms with van der Waals surface area (Å²) in [7, 11) is 0. The zero-order valence-electron chi connectivity index (χ0n) is 11.2. The van der Waals surface area contributed by atoms with Gasteiger partial charge < -0.3 is 21.5 Å². The van der Waals surface area contributed by atoms with E-state index in [4.69, 9.17) is 10.8 Å². The minimum absolute atomic E-state index is 0.128. The first-order valence-corrected chi connectivity index (χ1v) is 6.42. The topological polar surface area (TPSA) is 122 Å². The van der Waals surface area contributed by atoms with Gasteiger partial charge in [-0.25, -0.2) is 4.79 Å². The van der Waals surface area contributed by atoms with Crippen LogP contribution in [0.1, 0.15) is 33.1 Å². The van der Waals surface area contributed by atoms with E-state index >= 15 is 0 Å². The molecule has 0 aromatic heterocycles. The van der Waals surface area contributed by atoms with E-state index in [-0.39, 0.29) is 17.9 Å². The van der Waals surface area contributed by atoms with Gasteiger partial charge in [-0.3, -0.25) is 9.59 Å². The molecular formula is C12H21N3O4. The second-order valence-electron chi connectivity index (χ2n) is 5.22. The van der Waals surface area contributed by atoms with Gasteiger partial charge in [0.2, 0.25) is 5.91 Å².